The van der Waals surface area contributed by atoms with Crippen LogP contribution < -0.4 is 0 Å². The molecule has 1 aliphatic carbocycles. The van der Waals surface area contributed by atoms with Crippen LogP contribution in [0.2, 0.25) is 0 Å². The van der Waals surface area contributed by atoms with Gasteiger partial charge >= 0.3 is 0 Å². The summed E-state index contributed by atoms with van der Waals surface area (Å²) in [6.45, 7) is 10.7. The van der Waals surface area contributed by atoms with Gasteiger partial charge in [0.25, 0.3) is 0 Å². The van der Waals surface area contributed by atoms with Gasteiger partial charge in [0.2, 0.25) is 0 Å². The molecule has 20 heavy (non-hydrogen) atoms. The van der Waals surface area contributed by atoms with E-state index in [-0.39, 0.29) is 6.10 Å². The Balaban J connectivity index is 1.80. The number of hydrogen-bond acceptors (Lipinski definition) is 2. The molecule has 0 spiro atoms. The predicted molar refractivity (Wildman–Crippen MR) is 85.8 cm³/mol. The molecule has 2 nitrogen and oxygen atoms in total. The molecule has 2 aliphatic rings. The normalized spacial score (nSPS) is 35.1. The maximum atomic E-state index is 10.3. The largest absolute Gasteiger partial charge is 0.393 e. The monoisotopic (exact) mass is 281 g/mol. The van der Waals surface area contributed by atoms with Crippen molar-refractivity contribution in [3.05, 3.63) is 0 Å². The zero-order valence-electron chi connectivity index (χ0n) is 13.9. The standard InChI is InChI=1S/C18H35NO/c1-4-6-15-7-8-17(20)16(13-15)14-19-11-9-18(3,5-2)10-12-19/h15-17,20H,4-14H2,1-3H3. The molecule has 3 unspecified atom stereocenters. The number of aliphatic hydroxyl groups is 1. The summed E-state index contributed by atoms with van der Waals surface area (Å²) in [5.41, 5.74) is 0.576. The van der Waals surface area contributed by atoms with Crippen LogP contribution in [0.4, 0.5) is 0 Å². The first-order valence-electron chi connectivity index (χ1n) is 8.96. The van der Waals surface area contributed by atoms with E-state index in [9.17, 15) is 5.11 Å². The number of aliphatic hydroxyl groups excluding tert-OH is 1. The lowest BCUT2D eigenvalue weighted by molar-refractivity contribution is 0.0122. The van der Waals surface area contributed by atoms with E-state index in [1.807, 2.05) is 0 Å². The third kappa shape index (κ3) is 4.21. The molecule has 2 heteroatoms. The first kappa shape index (κ1) is 16.3. The lowest BCUT2D eigenvalue weighted by Crippen LogP contribution is -2.44. The highest BCUT2D eigenvalue weighted by molar-refractivity contribution is 4.86. The highest BCUT2D eigenvalue weighted by Crippen LogP contribution is 2.36. The van der Waals surface area contributed by atoms with Gasteiger partial charge in [-0.05, 0) is 62.4 Å². The van der Waals surface area contributed by atoms with Gasteiger partial charge in [-0.1, -0.05) is 40.0 Å². The molecule has 3 atom stereocenters. The van der Waals surface area contributed by atoms with Crippen molar-refractivity contribution < 1.29 is 5.11 Å². The van der Waals surface area contributed by atoms with E-state index in [2.05, 4.69) is 25.7 Å². The first-order valence-corrected chi connectivity index (χ1v) is 8.96. The molecule has 0 amide bonds. The van der Waals surface area contributed by atoms with Crippen molar-refractivity contribution in [3.63, 3.8) is 0 Å². The van der Waals surface area contributed by atoms with E-state index in [4.69, 9.17) is 0 Å². The summed E-state index contributed by atoms with van der Waals surface area (Å²) in [6, 6.07) is 0. The van der Waals surface area contributed by atoms with Crippen LogP contribution in [0.25, 0.3) is 0 Å². The summed E-state index contributed by atoms with van der Waals surface area (Å²) >= 11 is 0. The summed E-state index contributed by atoms with van der Waals surface area (Å²) in [7, 11) is 0. The van der Waals surface area contributed by atoms with Gasteiger partial charge in [-0.3, -0.25) is 0 Å². The molecule has 0 aromatic carbocycles. The minimum Gasteiger partial charge on any atom is -0.393 e. The minimum atomic E-state index is -0.0393. The molecule has 2 fully saturated rings. The molecule has 0 aromatic heterocycles. The van der Waals surface area contributed by atoms with Crippen molar-refractivity contribution in [2.75, 3.05) is 19.6 Å². The predicted octanol–water partition coefficient (Wildman–Crippen LogP) is 4.08. The maximum Gasteiger partial charge on any atom is 0.0580 e. The van der Waals surface area contributed by atoms with Crippen LogP contribution >= 0.6 is 0 Å². The van der Waals surface area contributed by atoms with Crippen LogP contribution in [0.15, 0.2) is 0 Å². The molecular weight excluding hydrogens is 246 g/mol. The van der Waals surface area contributed by atoms with E-state index in [1.165, 1.54) is 58.0 Å². The Morgan fingerprint density at radius 2 is 1.85 bits per heavy atom. The molecule has 1 heterocycles. The quantitative estimate of drug-likeness (QED) is 0.821. The van der Waals surface area contributed by atoms with Gasteiger partial charge in [0, 0.05) is 6.54 Å². The van der Waals surface area contributed by atoms with Gasteiger partial charge in [0.05, 0.1) is 6.10 Å². The van der Waals surface area contributed by atoms with Gasteiger partial charge in [-0.25, -0.2) is 0 Å². The van der Waals surface area contributed by atoms with Gasteiger partial charge in [0.1, 0.15) is 0 Å². The minimum absolute atomic E-state index is 0.0393. The van der Waals surface area contributed by atoms with Crippen molar-refractivity contribution in [2.45, 2.75) is 78.2 Å². The number of hydrogen-bond donors (Lipinski definition) is 1. The van der Waals surface area contributed by atoms with E-state index < -0.39 is 0 Å². The SMILES string of the molecule is CCCC1CCC(O)C(CN2CCC(C)(CC)CC2)C1. The topological polar surface area (TPSA) is 23.5 Å². The molecule has 118 valence electrons. The number of nitrogens with zero attached hydrogens (tertiary/aromatic N) is 1. The third-order valence-electron chi connectivity index (χ3n) is 6.16. The molecule has 2 rings (SSSR count). The van der Waals surface area contributed by atoms with Crippen LogP contribution in [0.3, 0.4) is 0 Å². The Morgan fingerprint density at radius 1 is 1.15 bits per heavy atom. The second kappa shape index (κ2) is 7.26. The van der Waals surface area contributed by atoms with Crippen LogP contribution in [-0.2, 0) is 0 Å². The average Bonchev–Trinajstić information content (AvgIpc) is 2.45. The second-order valence-corrected chi connectivity index (χ2v) is 7.76. The second-order valence-electron chi connectivity index (χ2n) is 7.76. The van der Waals surface area contributed by atoms with Crippen molar-refractivity contribution >= 4 is 0 Å². The van der Waals surface area contributed by atoms with Crippen LogP contribution in [-0.4, -0.2) is 35.7 Å². The van der Waals surface area contributed by atoms with Gasteiger partial charge in [0.15, 0.2) is 0 Å². The smallest absolute Gasteiger partial charge is 0.0580 e. The third-order valence-corrected chi connectivity index (χ3v) is 6.16. The zero-order valence-corrected chi connectivity index (χ0v) is 13.9. The number of piperidine rings is 1. The summed E-state index contributed by atoms with van der Waals surface area (Å²) in [5, 5.41) is 10.3. The molecule has 1 saturated heterocycles. The Hall–Kier alpha value is -0.0800. The van der Waals surface area contributed by atoms with Crippen molar-refractivity contribution in [2.24, 2.45) is 17.3 Å². The van der Waals surface area contributed by atoms with Gasteiger partial charge < -0.3 is 10.0 Å². The van der Waals surface area contributed by atoms with Gasteiger partial charge in [-0.2, -0.15) is 0 Å². The molecule has 1 N–H and O–H groups in total. The molecule has 0 bridgehead atoms. The van der Waals surface area contributed by atoms with Gasteiger partial charge in [-0.15, -0.1) is 0 Å². The lowest BCUT2D eigenvalue weighted by atomic mass is 9.75. The van der Waals surface area contributed by atoms with E-state index in [1.54, 1.807) is 0 Å². The zero-order chi connectivity index (χ0) is 14.6. The Labute approximate surface area is 125 Å². The van der Waals surface area contributed by atoms with Crippen LogP contribution in [0, 0.1) is 17.3 Å². The number of rotatable bonds is 5. The van der Waals surface area contributed by atoms with Crippen LogP contribution in [0.5, 0.6) is 0 Å². The average molecular weight is 281 g/mol. The van der Waals surface area contributed by atoms with Crippen LogP contribution in [0.1, 0.15) is 72.1 Å². The van der Waals surface area contributed by atoms with E-state index >= 15 is 0 Å². The number of likely N-dealkylation sites (tertiary alicyclic amines) is 1. The Morgan fingerprint density at radius 3 is 2.45 bits per heavy atom. The molecule has 0 radical (unpaired) electrons. The maximum absolute atomic E-state index is 10.3. The highest BCUT2D eigenvalue weighted by Gasteiger charge is 2.33. The Kier molecular flexibility index (Phi) is 5.92. The molecule has 1 saturated carbocycles. The van der Waals surface area contributed by atoms with Crippen molar-refractivity contribution in [1.82, 2.24) is 4.90 Å². The molecule has 0 aromatic rings. The summed E-state index contributed by atoms with van der Waals surface area (Å²) in [4.78, 5) is 2.62. The lowest BCUT2D eigenvalue weighted by Gasteiger charge is -2.42. The summed E-state index contributed by atoms with van der Waals surface area (Å²) < 4.78 is 0. The fourth-order valence-electron chi connectivity index (χ4n) is 4.17. The summed E-state index contributed by atoms with van der Waals surface area (Å²) in [5.74, 6) is 1.41. The van der Waals surface area contributed by atoms with E-state index in [0.717, 1.165) is 18.9 Å². The highest BCUT2D eigenvalue weighted by atomic mass is 16.3. The summed E-state index contributed by atoms with van der Waals surface area (Å²) in [6.07, 6.45) is 10.2. The fraction of sp³-hybridized carbons (Fsp3) is 1.00. The molecule has 1 aliphatic heterocycles. The first-order chi connectivity index (χ1) is 9.56. The Bertz CT molecular complexity index is 283. The van der Waals surface area contributed by atoms with Crippen molar-refractivity contribution in [3.8, 4) is 0 Å². The fourth-order valence-corrected chi connectivity index (χ4v) is 4.17. The van der Waals surface area contributed by atoms with E-state index in [0.29, 0.717) is 11.3 Å². The molecular formula is C18H35NO. The van der Waals surface area contributed by atoms with Crippen molar-refractivity contribution in [1.29, 1.82) is 0 Å².